The van der Waals surface area contributed by atoms with Crippen molar-refractivity contribution in [2.75, 3.05) is 33.3 Å². The maximum absolute atomic E-state index is 13.9. The molecule has 0 radical (unpaired) electrons. The van der Waals surface area contributed by atoms with E-state index in [1.807, 2.05) is 20.0 Å². The molecule has 1 aliphatic rings. The van der Waals surface area contributed by atoms with Gasteiger partial charge in [0.15, 0.2) is 11.6 Å². The van der Waals surface area contributed by atoms with Crippen LogP contribution in [0.1, 0.15) is 31.4 Å². The van der Waals surface area contributed by atoms with Gasteiger partial charge in [0.1, 0.15) is 6.61 Å². The van der Waals surface area contributed by atoms with Gasteiger partial charge in [-0.15, -0.1) is 0 Å². The summed E-state index contributed by atoms with van der Waals surface area (Å²) >= 11 is 0. The van der Waals surface area contributed by atoms with E-state index >= 15 is 0 Å². The number of nitrogens with zero attached hydrogens (tertiary/aromatic N) is 1. The highest BCUT2D eigenvalue weighted by atomic mass is 19.1. The van der Waals surface area contributed by atoms with Crippen molar-refractivity contribution in [1.82, 2.24) is 10.2 Å². The first-order valence-corrected chi connectivity index (χ1v) is 7.03. The van der Waals surface area contributed by atoms with Crippen LogP contribution in [0.3, 0.4) is 0 Å². The van der Waals surface area contributed by atoms with Gasteiger partial charge in [-0.1, -0.05) is 12.1 Å². The van der Waals surface area contributed by atoms with Gasteiger partial charge in [0.05, 0.1) is 0 Å². The van der Waals surface area contributed by atoms with Gasteiger partial charge < -0.3 is 10.1 Å². The predicted molar refractivity (Wildman–Crippen MR) is 75.0 cm³/mol. The summed E-state index contributed by atoms with van der Waals surface area (Å²) < 4.78 is 19.6. The Labute approximate surface area is 114 Å². The van der Waals surface area contributed by atoms with Crippen molar-refractivity contribution in [3.63, 3.8) is 0 Å². The second kappa shape index (κ2) is 6.87. The summed E-state index contributed by atoms with van der Waals surface area (Å²) in [5.74, 6) is 0.115. The van der Waals surface area contributed by atoms with E-state index in [0.717, 1.165) is 25.2 Å². The molecule has 3 nitrogen and oxygen atoms in total. The quantitative estimate of drug-likeness (QED) is 0.856. The number of hydrogen-bond donors (Lipinski definition) is 1. The lowest BCUT2D eigenvalue weighted by Crippen LogP contribution is -2.25. The van der Waals surface area contributed by atoms with E-state index in [4.69, 9.17) is 4.74 Å². The standard InChI is InChI=1S/C15H23FN2O/c1-12(17-2)13-6-5-7-14(16)15(13)19-11-10-18-8-3-4-9-18/h5-7,12,17H,3-4,8-11H2,1-2H3. The van der Waals surface area contributed by atoms with Crippen molar-refractivity contribution in [3.05, 3.63) is 29.6 Å². The van der Waals surface area contributed by atoms with E-state index in [-0.39, 0.29) is 11.9 Å². The van der Waals surface area contributed by atoms with Crippen LogP contribution in [0.2, 0.25) is 0 Å². The normalized spacial score (nSPS) is 17.6. The van der Waals surface area contributed by atoms with E-state index in [1.165, 1.54) is 18.9 Å². The molecular formula is C15H23FN2O. The fraction of sp³-hybridized carbons (Fsp3) is 0.600. The van der Waals surface area contributed by atoms with Crippen molar-refractivity contribution in [2.45, 2.75) is 25.8 Å². The molecule has 19 heavy (non-hydrogen) atoms. The zero-order chi connectivity index (χ0) is 13.7. The summed E-state index contributed by atoms with van der Waals surface area (Å²) in [5.41, 5.74) is 0.879. The largest absolute Gasteiger partial charge is 0.489 e. The average molecular weight is 266 g/mol. The SMILES string of the molecule is CNC(C)c1cccc(F)c1OCCN1CCCC1. The first-order valence-electron chi connectivity index (χ1n) is 7.03. The van der Waals surface area contributed by atoms with Crippen molar-refractivity contribution >= 4 is 0 Å². The Bertz CT molecular complexity index is 405. The van der Waals surface area contributed by atoms with E-state index in [2.05, 4.69) is 10.2 Å². The number of ether oxygens (including phenoxy) is 1. The molecule has 1 atom stereocenters. The molecule has 1 saturated heterocycles. The van der Waals surface area contributed by atoms with E-state index in [0.29, 0.717) is 12.4 Å². The number of likely N-dealkylation sites (tertiary alicyclic amines) is 1. The van der Waals surface area contributed by atoms with Gasteiger partial charge in [-0.05, 0) is 46.0 Å². The van der Waals surface area contributed by atoms with Gasteiger partial charge in [-0.25, -0.2) is 4.39 Å². The van der Waals surface area contributed by atoms with Crippen LogP contribution < -0.4 is 10.1 Å². The number of rotatable bonds is 6. The third-order valence-corrected chi connectivity index (χ3v) is 3.75. The van der Waals surface area contributed by atoms with E-state index < -0.39 is 0 Å². The molecular weight excluding hydrogens is 243 g/mol. The number of benzene rings is 1. The van der Waals surface area contributed by atoms with Crippen molar-refractivity contribution in [1.29, 1.82) is 0 Å². The van der Waals surface area contributed by atoms with Gasteiger partial charge in [0, 0.05) is 18.2 Å². The second-order valence-electron chi connectivity index (χ2n) is 5.07. The van der Waals surface area contributed by atoms with Crippen LogP contribution >= 0.6 is 0 Å². The molecule has 0 amide bonds. The first kappa shape index (κ1) is 14.3. The minimum Gasteiger partial charge on any atom is -0.489 e. The Hall–Kier alpha value is -1.13. The number of halogens is 1. The fourth-order valence-electron chi connectivity index (χ4n) is 2.46. The molecule has 1 aromatic rings. The Balaban J connectivity index is 1.97. The number of nitrogens with one attached hydrogen (secondary N) is 1. The van der Waals surface area contributed by atoms with Crippen LogP contribution in [-0.2, 0) is 0 Å². The molecule has 1 aromatic carbocycles. The molecule has 0 spiro atoms. The monoisotopic (exact) mass is 266 g/mol. The minimum atomic E-state index is -0.277. The van der Waals surface area contributed by atoms with E-state index in [9.17, 15) is 4.39 Å². The Kier molecular flexibility index (Phi) is 5.16. The predicted octanol–water partition coefficient (Wildman–Crippen LogP) is 2.58. The summed E-state index contributed by atoms with van der Waals surface area (Å²) in [5, 5.41) is 3.12. The van der Waals surface area contributed by atoms with Crippen LogP contribution in [0.25, 0.3) is 0 Å². The van der Waals surface area contributed by atoms with E-state index in [1.54, 1.807) is 6.07 Å². The van der Waals surface area contributed by atoms with Crippen molar-refractivity contribution in [3.8, 4) is 5.75 Å². The highest BCUT2D eigenvalue weighted by Gasteiger charge is 2.16. The molecule has 106 valence electrons. The van der Waals surface area contributed by atoms with Crippen LogP contribution in [0.15, 0.2) is 18.2 Å². The first-order chi connectivity index (χ1) is 9.22. The topological polar surface area (TPSA) is 24.5 Å². The fourth-order valence-corrected chi connectivity index (χ4v) is 2.46. The molecule has 1 unspecified atom stereocenters. The molecule has 0 bridgehead atoms. The third-order valence-electron chi connectivity index (χ3n) is 3.75. The number of para-hydroxylation sites is 1. The molecule has 2 rings (SSSR count). The van der Waals surface area contributed by atoms with Crippen LogP contribution in [0, 0.1) is 5.82 Å². The van der Waals surface area contributed by atoms with Gasteiger partial charge in [0.2, 0.25) is 0 Å². The molecule has 1 heterocycles. The lowest BCUT2D eigenvalue weighted by Gasteiger charge is -2.19. The summed E-state index contributed by atoms with van der Waals surface area (Å²) in [7, 11) is 1.86. The van der Waals surface area contributed by atoms with Crippen molar-refractivity contribution < 1.29 is 9.13 Å². The highest BCUT2D eigenvalue weighted by molar-refractivity contribution is 5.37. The summed E-state index contributed by atoms with van der Waals surface area (Å²) in [6.45, 7) is 5.70. The van der Waals surface area contributed by atoms with Crippen molar-refractivity contribution in [2.24, 2.45) is 0 Å². The highest BCUT2D eigenvalue weighted by Crippen LogP contribution is 2.28. The smallest absolute Gasteiger partial charge is 0.165 e. The van der Waals surface area contributed by atoms with Crippen LogP contribution in [-0.4, -0.2) is 38.2 Å². The van der Waals surface area contributed by atoms with Gasteiger partial charge >= 0.3 is 0 Å². The summed E-state index contributed by atoms with van der Waals surface area (Å²) in [6.07, 6.45) is 2.53. The molecule has 1 fully saturated rings. The zero-order valence-electron chi connectivity index (χ0n) is 11.8. The molecule has 0 aromatic heterocycles. The average Bonchev–Trinajstić information content (AvgIpc) is 2.93. The maximum Gasteiger partial charge on any atom is 0.165 e. The lowest BCUT2D eigenvalue weighted by molar-refractivity contribution is 0.228. The Morgan fingerprint density at radius 1 is 1.37 bits per heavy atom. The zero-order valence-corrected chi connectivity index (χ0v) is 11.8. The summed E-state index contributed by atoms with van der Waals surface area (Å²) in [6, 6.07) is 5.18. The second-order valence-corrected chi connectivity index (χ2v) is 5.07. The Morgan fingerprint density at radius 2 is 2.11 bits per heavy atom. The molecule has 1 N–H and O–H groups in total. The maximum atomic E-state index is 13.9. The molecule has 0 saturated carbocycles. The number of hydrogen-bond acceptors (Lipinski definition) is 3. The molecule has 0 aliphatic carbocycles. The third kappa shape index (κ3) is 3.67. The van der Waals surface area contributed by atoms with Gasteiger partial charge in [0.25, 0.3) is 0 Å². The van der Waals surface area contributed by atoms with Crippen LogP contribution in [0.4, 0.5) is 4.39 Å². The van der Waals surface area contributed by atoms with Gasteiger partial charge in [-0.3, -0.25) is 4.90 Å². The molecule has 4 heteroatoms. The lowest BCUT2D eigenvalue weighted by atomic mass is 10.1. The van der Waals surface area contributed by atoms with Gasteiger partial charge in [-0.2, -0.15) is 0 Å². The minimum absolute atomic E-state index is 0.0810. The van der Waals surface area contributed by atoms with Crippen LogP contribution in [0.5, 0.6) is 5.75 Å². The summed E-state index contributed by atoms with van der Waals surface area (Å²) in [4.78, 5) is 2.36. The Morgan fingerprint density at radius 3 is 2.79 bits per heavy atom. The molecule has 1 aliphatic heterocycles.